The third-order valence-corrected chi connectivity index (χ3v) is 4.48. The number of carbonyl (C=O) groups is 1. The van der Waals surface area contributed by atoms with Crippen LogP contribution in [0.25, 0.3) is 0 Å². The fourth-order valence-electron chi connectivity index (χ4n) is 2.04. The summed E-state index contributed by atoms with van der Waals surface area (Å²) >= 11 is 0.617. The lowest BCUT2D eigenvalue weighted by Gasteiger charge is -2.16. The number of nitrogens with one attached hydrogen (secondary N) is 1. The minimum Gasteiger partial charge on any atom is -0.325 e. The van der Waals surface area contributed by atoms with E-state index >= 15 is 0 Å². The fraction of sp³-hybridized carbons (Fsp3) is 0.188. The summed E-state index contributed by atoms with van der Waals surface area (Å²) in [7, 11) is 0. The van der Waals surface area contributed by atoms with Gasteiger partial charge in [-0.1, -0.05) is 0 Å². The first kappa shape index (κ1) is 20.6. The van der Waals surface area contributed by atoms with Crippen LogP contribution in [0.15, 0.2) is 41.3 Å². The normalized spacial score (nSPS) is 12.5. The number of non-ortho nitro benzene ring substituents is 1. The smallest absolute Gasteiger partial charge is 0.325 e. The summed E-state index contributed by atoms with van der Waals surface area (Å²) in [5.74, 6) is -2.43. The third-order valence-electron chi connectivity index (χ3n) is 3.34. The molecule has 5 nitrogen and oxygen atoms in total. The second kappa shape index (κ2) is 7.91. The van der Waals surface area contributed by atoms with Gasteiger partial charge in [0.15, 0.2) is 0 Å². The molecule has 0 aromatic heterocycles. The van der Waals surface area contributed by atoms with Gasteiger partial charge in [0, 0.05) is 17.0 Å². The van der Waals surface area contributed by atoms with Gasteiger partial charge < -0.3 is 5.32 Å². The molecule has 0 heterocycles. The van der Waals surface area contributed by atoms with Gasteiger partial charge in [0.2, 0.25) is 5.91 Å². The van der Waals surface area contributed by atoms with E-state index in [1.807, 2.05) is 5.32 Å². The van der Waals surface area contributed by atoms with Gasteiger partial charge in [-0.3, -0.25) is 14.9 Å². The Morgan fingerprint density at radius 3 is 2.44 bits per heavy atom. The van der Waals surface area contributed by atoms with E-state index in [2.05, 4.69) is 0 Å². The number of amides is 1. The Morgan fingerprint density at radius 2 is 1.85 bits per heavy atom. The number of benzene rings is 2. The molecular formula is C16H11F5N2O3S. The maximum atomic E-state index is 13.6. The molecule has 27 heavy (non-hydrogen) atoms. The van der Waals surface area contributed by atoms with Crippen LogP contribution < -0.4 is 5.32 Å². The zero-order valence-corrected chi connectivity index (χ0v) is 14.3. The maximum absolute atomic E-state index is 13.6. The lowest BCUT2D eigenvalue weighted by atomic mass is 10.1. The highest BCUT2D eigenvalue weighted by Gasteiger charge is 2.36. The first-order valence-corrected chi connectivity index (χ1v) is 8.15. The van der Waals surface area contributed by atoms with E-state index in [1.165, 1.54) is 6.92 Å². The molecule has 11 heteroatoms. The number of anilines is 1. The van der Waals surface area contributed by atoms with Crippen LogP contribution in [0.5, 0.6) is 0 Å². The molecular weight excluding hydrogens is 395 g/mol. The molecule has 0 saturated carbocycles. The predicted octanol–water partition coefficient (Wildman–Crippen LogP) is 5.01. The van der Waals surface area contributed by atoms with Gasteiger partial charge in [0.05, 0.1) is 21.4 Å². The van der Waals surface area contributed by atoms with Crippen molar-refractivity contribution in [3.8, 4) is 0 Å². The molecule has 0 saturated heterocycles. The summed E-state index contributed by atoms with van der Waals surface area (Å²) in [6.07, 6.45) is -4.94. The van der Waals surface area contributed by atoms with Crippen molar-refractivity contribution in [2.24, 2.45) is 0 Å². The van der Waals surface area contributed by atoms with E-state index in [0.29, 0.717) is 17.8 Å². The molecule has 0 radical (unpaired) electrons. The lowest BCUT2D eigenvalue weighted by molar-refractivity contribution is -0.385. The van der Waals surface area contributed by atoms with Crippen LogP contribution in [0.1, 0.15) is 12.5 Å². The van der Waals surface area contributed by atoms with E-state index in [0.717, 1.165) is 30.3 Å². The molecule has 2 rings (SSSR count). The predicted molar refractivity (Wildman–Crippen MR) is 88.4 cm³/mol. The average Bonchev–Trinajstić information content (AvgIpc) is 2.57. The van der Waals surface area contributed by atoms with Gasteiger partial charge in [-0.15, -0.1) is 11.8 Å². The number of halogens is 5. The number of nitro groups is 1. The summed E-state index contributed by atoms with van der Waals surface area (Å²) in [6, 6.07) is 4.49. The summed E-state index contributed by atoms with van der Waals surface area (Å²) < 4.78 is 66.2. The minimum absolute atomic E-state index is 0.183. The molecule has 1 amide bonds. The van der Waals surface area contributed by atoms with Gasteiger partial charge in [0.25, 0.3) is 5.69 Å². The molecule has 0 unspecified atom stereocenters. The topological polar surface area (TPSA) is 72.2 Å². The van der Waals surface area contributed by atoms with E-state index in [4.69, 9.17) is 0 Å². The summed E-state index contributed by atoms with van der Waals surface area (Å²) in [4.78, 5) is 21.7. The molecule has 0 aliphatic carbocycles. The standard InChI is InChI=1S/C16H11F5N2O3S/c1-8(27-14-6-9(17)2-4-12(14)18)15(24)22-13-5-3-10(23(25)26)7-11(13)16(19,20)21/h2-8H,1H3,(H,22,24)/t8-/m0/s1. The maximum Gasteiger partial charge on any atom is 0.418 e. The fourth-order valence-corrected chi connectivity index (χ4v) is 2.94. The van der Waals surface area contributed by atoms with Crippen molar-refractivity contribution in [3.63, 3.8) is 0 Å². The van der Waals surface area contributed by atoms with Crippen LogP contribution >= 0.6 is 11.8 Å². The van der Waals surface area contributed by atoms with Crippen molar-refractivity contribution in [2.75, 3.05) is 5.32 Å². The van der Waals surface area contributed by atoms with Crippen LogP contribution in [0.3, 0.4) is 0 Å². The van der Waals surface area contributed by atoms with Crippen LogP contribution in [0.4, 0.5) is 33.3 Å². The molecule has 2 aromatic rings. The Bertz CT molecular complexity index is 889. The molecule has 2 aromatic carbocycles. The number of alkyl halides is 3. The molecule has 0 fully saturated rings. The Kier molecular flexibility index (Phi) is 6.04. The highest BCUT2D eigenvalue weighted by atomic mass is 32.2. The monoisotopic (exact) mass is 406 g/mol. The Balaban J connectivity index is 2.24. The van der Waals surface area contributed by atoms with Crippen LogP contribution in [-0.4, -0.2) is 16.1 Å². The molecule has 0 spiro atoms. The van der Waals surface area contributed by atoms with Crippen molar-refractivity contribution < 1.29 is 31.7 Å². The molecule has 0 aliphatic heterocycles. The van der Waals surface area contributed by atoms with Gasteiger partial charge in [-0.25, -0.2) is 8.78 Å². The molecule has 144 valence electrons. The number of nitro benzene ring substituents is 1. The van der Waals surface area contributed by atoms with E-state index < -0.39 is 50.8 Å². The zero-order chi connectivity index (χ0) is 20.4. The number of hydrogen-bond donors (Lipinski definition) is 1. The van der Waals surface area contributed by atoms with E-state index in [9.17, 15) is 36.9 Å². The Labute approximate surface area is 153 Å². The molecule has 1 N–H and O–H groups in total. The second-order valence-corrected chi connectivity index (χ2v) is 6.69. The van der Waals surface area contributed by atoms with Gasteiger partial charge in [-0.2, -0.15) is 13.2 Å². The highest BCUT2D eigenvalue weighted by molar-refractivity contribution is 8.00. The molecule has 0 bridgehead atoms. The number of rotatable bonds is 5. The zero-order valence-electron chi connectivity index (χ0n) is 13.5. The van der Waals surface area contributed by atoms with Crippen molar-refractivity contribution in [3.05, 3.63) is 63.7 Å². The van der Waals surface area contributed by atoms with Crippen LogP contribution in [0, 0.1) is 21.7 Å². The largest absolute Gasteiger partial charge is 0.418 e. The number of hydrogen-bond acceptors (Lipinski definition) is 4. The number of carbonyl (C=O) groups excluding carboxylic acids is 1. The SMILES string of the molecule is C[C@H](Sc1cc(F)ccc1F)C(=O)Nc1ccc([N+](=O)[O-])cc1C(F)(F)F. The second-order valence-electron chi connectivity index (χ2n) is 5.31. The highest BCUT2D eigenvalue weighted by Crippen LogP contribution is 2.37. The van der Waals surface area contributed by atoms with Crippen molar-refractivity contribution in [2.45, 2.75) is 23.2 Å². The van der Waals surface area contributed by atoms with E-state index in [1.54, 1.807) is 0 Å². The average molecular weight is 406 g/mol. The Hall–Kier alpha value is -2.69. The molecule has 1 atom stereocenters. The minimum atomic E-state index is -4.94. The summed E-state index contributed by atoms with van der Waals surface area (Å²) in [6.45, 7) is 1.29. The quantitative estimate of drug-likeness (QED) is 0.328. The van der Waals surface area contributed by atoms with Crippen LogP contribution in [-0.2, 0) is 11.0 Å². The van der Waals surface area contributed by atoms with E-state index in [-0.39, 0.29) is 4.90 Å². The summed E-state index contributed by atoms with van der Waals surface area (Å²) in [5.41, 5.74) is -2.85. The Morgan fingerprint density at radius 1 is 1.19 bits per heavy atom. The first-order valence-electron chi connectivity index (χ1n) is 7.27. The van der Waals surface area contributed by atoms with Crippen molar-refractivity contribution in [1.29, 1.82) is 0 Å². The van der Waals surface area contributed by atoms with Gasteiger partial charge >= 0.3 is 6.18 Å². The number of nitrogens with zero attached hydrogens (tertiary/aromatic N) is 1. The third kappa shape index (κ3) is 5.16. The summed E-state index contributed by atoms with van der Waals surface area (Å²) in [5, 5.41) is 11.6. The van der Waals surface area contributed by atoms with Crippen molar-refractivity contribution >= 4 is 29.0 Å². The molecule has 0 aliphatic rings. The van der Waals surface area contributed by atoms with Crippen molar-refractivity contribution in [1.82, 2.24) is 0 Å². The lowest BCUT2D eigenvalue weighted by Crippen LogP contribution is -2.24. The number of thioether (sulfide) groups is 1. The van der Waals surface area contributed by atoms with Crippen LogP contribution in [0.2, 0.25) is 0 Å². The first-order chi connectivity index (χ1) is 12.5. The van der Waals surface area contributed by atoms with Gasteiger partial charge in [0.1, 0.15) is 11.6 Å². The van der Waals surface area contributed by atoms with Gasteiger partial charge in [-0.05, 0) is 31.2 Å².